The number of amides is 2. The molecule has 0 unspecified atom stereocenters. The highest BCUT2D eigenvalue weighted by Gasteiger charge is 2.01. The van der Waals surface area contributed by atoms with Gasteiger partial charge in [0.1, 0.15) is 0 Å². The number of nitrogens with zero attached hydrogens (tertiary/aromatic N) is 2. The van der Waals surface area contributed by atoms with E-state index in [1.165, 1.54) is 0 Å². The molecule has 2 amide bonds. The van der Waals surface area contributed by atoms with Crippen LogP contribution in [0.4, 0.5) is 4.79 Å². The quantitative estimate of drug-likeness (QED) is 0.605. The van der Waals surface area contributed by atoms with E-state index in [2.05, 4.69) is 15.5 Å². The first-order chi connectivity index (χ1) is 8.16. The second-order valence-corrected chi connectivity index (χ2v) is 3.59. The standard InChI is InChI=1S/C12H12N4O/c1-8(15-16-12(13)17)11-6-9-4-2-3-5-10(9)7-14-11/h2-7H,1H3,(H3,13,16,17)/b15-8+. The molecule has 1 aromatic heterocycles. The predicted molar refractivity (Wildman–Crippen MR) is 66.7 cm³/mol. The van der Waals surface area contributed by atoms with Crippen molar-refractivity contribution in [3.05, 3.63) is 42.2 Å². The number of nitrogens with one attached hydrogen (secondary N) is 1. The smallest absolute Gasteiger partial charge is 0.332 e. The van der Waals surface area contributed by atoms with E-state index < -0.39 is 6.03 Å². The third kappa shape index (κ3) is 2.57. The molecule has 5 heteroatoms. The fourth-order valence-corrected chi connectivity index (χ4v) is 1.48. The Kier molecular flexibility index (Phi) is 3.00. The van der Waals surface area contributed by atoms with E-state index in [4.69, 9.17) is 5.73 Å². The first-order valence-corrected chi connectivity index (χ1v) is 5.12. The molecule has 5 nitrogen and oxygen atoms in total. The number of benzene rings is 1. The van der Waals surface area contributed by atoms with E-state index in [0.717, 1.165) is 10.8 Å². The van der Waals surface area contributed by atoms with Gasteiger partial charge in [0.05, 0.1) is 11.4 Å². The summed E-state index contributed by atoms with van der Waals surface area (Å²) in [7, 11) is 0. The number of nitrogens with two attached hydrogens (primary N) is 1. The van der Waals surface area contributed by atoms with Crippen LogP contribution in [0.2, 0.25) is 0 Å². The molecule has 0 saturated heterocycles. The number of hydrogen-bond donors (Lipinski definition) is 2. The molecule has 17 heavy (non-hydrogen) atoms. The fourth-order valence-electron chi connectivity index (χ4n) is 1.48. The Hall–Kier alpha value is -2.43. The molecular weight excluding hydrogens is 216 g/mol. The van der Waals surface area contributed by atoms with E-state index in [0.29, 0.717) is 11.4 Å². The molecule has 1 heterocycles. The average molecular weight is 228 g/mol. The van der Waals surface area contributed by atoms with Crippen LogP contribution in [0.1, 0.15) is 12.6 Å². The highest BCUT2D eigenvalue weighted by molar-refractivity contribution is 6.00. The van der Waals surface area contributed by atoms with Gasteiger partial charge in [0.25, 0.3) is 0 Å². The van der Waals surface area contributed by atoms with Crippen LogP contribution in [0.25, 0.3) is 10.8 Å². The zero-order valence-electron chi connectivity index (χ0n) is 9.34. The summed E-state index contributed by atoms with van der Waals surface area (Å²) in [6.45, 7) is 1.76. The van der Waals surface area contributed by atoms with Gasteiger partial charge in [-0.15, -0.1) is 0 Å². The molecule has 3 N–H and O–H groups in total. The van der Waals surface area contributed by atoms with Gasteiger partial charge in [-0.25, -0.2) is 10.2 Å². The number of carbonyl (C=O) groups excluding carboxylic acids is 1. The lowest BCUT2D eigenvalue weighted by molar-refractivity contribution is 0.249. The van der Waals surface area contributed by atoms with Gasteiger partial charge in [-0.1, -0.05) is 24.3 Å². The molecule has 0 aliphatic heterocycles. The molecule has 86 valence electrons. The van der Waals surface area contributed by atoms with E-state index in [9.17, 15) is 4.79 Å². The Balaban J connectivity index is 2.36. The summed E-state index contributed by atoms with van der Waals surface area (Å²) in [5.41, 5.74) is 8.42. The summed E-state index contributed by atoms with van der Waals surface area (Å²) < 4.78 is 0. The number of aromatic nitrogens is 1. The van der Waals surface area contributed by atoms with Crippen molar-refractivity contribution < 1.29 is 4.79 Å². The Morgan fingerprint density at radius 1 is 1.35 bits per heavy atom. The maximum absolute atomic E-state index is 10.5. The summed E-state index contributed by atoms with van der Waals surface area (Å²) in [6.07, 6.45) is 1.77. The average Bonchev–Trinajstić information content (AvgIpc) is 2.35. The number of primary amides is 1. The number of hydrazone groups is 1. The van der Waals surface area contributed by atoms with E-state index >= 15 is 0 Å². The molecule has 0 aliphatic carbocycles. The van der Waals surface area contributed by atoms with E-state index in [1.807, 2.05) is 30.3 Å². The number of hydrogen-bond acceptors (Lipinski definition) is 3. The molecule has 0 aliphatic rings. The Labute approximate surface area is 98.3 Å². The minimum atomic E-state index is -0.690. The molecule has 1 aromatic carbocycles. The first kappa shape index (κ1) is 11.1. The minimum absolute atomic E-state index is 0.606. The van der Waals surface area contributed by atoms with Crippen LogP contribution in [0, 0.1) is 0 Å². The fraction of sp³-hybridized carbons (Fsp3) is 0.0833. The molecule has 0 atom stereocenters. The summed E-state index contributed by atoms with van der Waals surface area (Å²) >= 11 is 0. The van der Waals surface area contributed by atoms with Crippen LogP contribution >= 0.6 is 0 Å². The Morgan fingerprint density at radius 2 is 2.06 bits per heavy atom. The van der Waals surface area contributed by atoms with Crippen molar-refractivity contribution in [1.82, 2.24) is 10.4 Å². The lowest BCUT2D eigenvalue weighted by Crippen LogP contribution is -2.25. The summed E-state index contributed by atoms with van der Waals surface area (Å²) in [6, 6.07) is 9.12. The molecule has 0 saturated carbocycles. The highest BCUT2D eigenvalue weighted by atomic mass is 16.2. The molecular formula is C12H12N4O. The third-order valence-electron chi connectivity index (χ3n) is 2.34. The number of urea groups is 1. The lowest BCUT2D eigenvalue weighted by atomic mass is 10.1. The number of carbonyl (C=O) groups is 1. The lowest BCUT2D eigenvalue weighted by Gasteiger charge is -2.02. The van der Waals surface area contributed by atoms with Crippen LogP contribution in [0.3, 0.4) is 0 Å². The third-order valence-corrected chi connectivity index (χ3v) is 2.34. The van der Waals surface area contributed by atoms with Crippen LogP contribution in [0.15, 0.2) is 41.6 Å². The first-order valence-electron chi connectivity index (χ1n) is 5.12. The molecule has 0 radical (unpaired) electrons. The zero-order chi connectivity index (χ0) is 12.3. The van der Waals surface area contributed by atoms with Crippen molar-refractivity contribution in [2.75, 3.05) is 0 Å². The van der Waals surface area contributed by atoms with Gasteiger partial charge >= 0.3 is 6.03 Å². The van der Waals surface area contributed by atoms with E-state index in [-0.39, 0.29) is 0 Å². The highest BCUT2D eigenvalue weighted by Crippen LogP contribution is 2.13. The van der Waals surface area contributed by atoms with Gasteiger partial charge in [0, 0.05) is 11.6 Å². The van der Waals surface area contributed by atoms with Crippen molar-refractivity contribution in [1.29, 1.82) is 0 Å². The largest absolute Gasteiger partial charge is 0.350 e. The van der Waals surface area contributed by atoms with Crippen LogP contribution in [-0.2, 0) is 0 Å². The number of rotatable bonds is 2. The van der Waals surface area contributed by atoms with Gasteiger partial charge in [0.15, 0.2) is 0 Å². The monoisotopic (exact) mass is 228 g/mol. The Bertz CT molecular complexity index is 592. The second-order valence-electron chi connectivity index (χ2n) is 3.59. The zero-order valence-corrected chi connectivity index (χ0v) is 9.34. The number of pyridine rings is 1. The van der Waals surface area contributed by atoms with Gasteiger partial charge in [-0.05, 0) is 18.4 Å². The van der Waals surface area contributed by atoms with Gasteiger partial charge in [0.2, 0.25) is 0 Å². The van der Waals surface area contributed by atoms with Crippen molar-refractivity contribution in [3.63, 3.8) is 0 Å². The van der Waals surface area contributed by atoms with Gasteiger partial charge in [-0.3, -0.25) is 4.98 Å². The molecule has 2 rings (SSSR count). The van der Waals surface area contributed by atoms with Crippen molar-refractivity contribution in [2.24, 2.45) is 10.8 Å². The number of fused-ring (bicyclic) bond motifs is 1. The maximum atomic E-state index is 10.5. The van der Waals surface area contributed by atoms with Crippen LogP contribution in [-0.4, -0.2) is 16.7 Å². The minimum Gasteiger partial charge on any atom is -0.350 e. The van der Waals surface area contributed by atoms with Gasteiger partial charge in [-0.2, -0.15) is 5.10 Å². The van der Waals surface area contributed by atoms with E-state index in [1.54, 1.807) is 13.1 Å². The Morgan fingerprint density at radius 3 is 2.76 bits per heavy atom. The van der Waals surface area contributed by atoms with Crippen molar-refractivity contribution >= 4 is 22.5 Å². The summed E-state index contributed by atoms with van der Waals surface area (Å²) in [5, 5.41) is 5.97. The predicted octanol–water partition coefficient (Wildman–Crippen LogP) is 1.63. The van der Waals surface area contributed by atoms with Crippen LogP contribution < -0.4 is 11.2 Å². The molecule has 0 spiro atoms. The van der Waals surface area contributed by atoms with Crippen molar-refractivity contribution in [3.8, 4) is 0 Å². The topological polar surface area (TPSA) is 80.4 Å². The van der Waals surface area contributed by atoms with Crippen molar-refractivity contribution in [2.45, 2.75) is 6.92 Å². The maximum Gasteiger partial charge on any atom is 0.332 e. The molecule has 0 bridgehead atoms. The SMILES string of the molecule is C/C(=N\NC(N)=O)c1cc2ccccc2cn1. The summed E-state index contributed by atoms with van der Waals surface area (Å²) in [4.78, 5) is 14.8. The van der Waals surface area contributed by atoms with Gasteiger partial charge < -0.3 is 5.73 Å². The summed E-state index contributed by atoms with van der Waals surface area (Å²) in [5.74, 6) is 0. The second kappa shape index (κ2) is 4.61. The molecule has 2 aromatic rings. The normalized spacial score (nSPS) is 11.5. The molecule has 0 fully saturated rings. The van der Waals surface area contributed by atoms with Crippen LogP contribution in [0.5, 0.6) is 0 Å².